The predicted molar refractivity (Wildman–Crippen MR) is 125 cm³/mol. The Balaban J connectivity index is 1.34. The molecule has 3 aromatic rings. The maximum absolute atomic E-state index is 13.1. The zero-order valence-electron chi connectivity index (χ0n) is 18.3. The molecule has 4 rings (SSSR count). The van der Waals surface area contributed by atoms with Gasteiger partial charge in [-0.05, 0) is 43.7 Å². The van der Waals surface area contributed by atoms with Gasteiger partial charge >= 0.3 is 0 Å². The van der Waals surface area contributed by atoms with E-state index in [1.54, 1.807) is 23.2 Å². The Morgan fingerprint density at radius 1 is 0.969 bits per heavy atom. The number of amides is 2. The first-order chi connectivity index (χ1) is 15.4. The van der Waals surface area contributed by atoms with E-state index in [2.05, 4.69) is 4.98 Å². The van der Waals surface area contributed by atoms with Gasteiger partial charge in [-0.25, -0.2) is 0 Å². The van der Waals surface area contributed by atoms with Crippen LogP contribution in [0.3, 0.4) is 0 Å². The molecule has 166 valence electrons. The van der Waals surface area contributed by atoms with E-state index < -0.39 is 5.41 Å². The van der Waals surface area contributed by atoms with Crippen molar-refractivity contribution in [2.24, 2.45) is 0 Å². The number of ether oxygens (including phenoxy) is 1. The lowest BCUT2D eigenvalue weighted by Crippen LogP contribution is -2.55. The molecule has 7 heteroatoms. The Bertz CT molecular complexity index is 1130. The predicted octanol–water partition coefficient (Wildman–Crippen LogP) is 3.92. The summed E-state index contributed by atoms with van der Waals surface area (Å²) < 4.78 is 5.78. The van der Waals surface area contributed by atoms with Crippen molar-refractivity contribution >= 4 is 34.3 Å². The molecule has 1 saturated heterocycles. The number of hydrogen-bond acceptors (Lipinski definition) is 4. The third-order valence-corrected chi connectivity index (χ3v) is 6.31. The number of nitrogens with zero attached hydrogens (tertiary/aromatic N) is 3. The monoisotopic (exact) mass is 451 g/mol. The highest BCUT2D eigenvalue weighted by Crippen LogP contribution is 2.30. The van der Waals surface area contributed by atoms with Crippen LogP contribution in [0.15, 0.2) is 60.8 Å². The van der Waals surface area contributed by atoms with Crippen LogP contribution < -0.4 is 4.74 Å². The van der Waals surface area contributed by atoms with E-state index in [9.17, 15) is 9.59 Å². The maximum Gasteiger partial charge on any atom is 0.260 e. The second-order valence-electron chi connectivity index (χ2n) is 8.40. The van der Waals surface area contributed by atoms with Crippen molar-refractivity contribution in [3.63, 3.8) is 0 Å². The fourth-order valence-electron chi connectivity index (χ4n) is 3.99. The minimum atomic E-state index is -0.612. The number of fused-ring (bicyclic) bond motifs is 1. The molecule has 6 nitrogen and oxygen atoms in total. The van der Waals surface area contributed by atoms with Crippen molar-refractivity contribution in [2.45, 2.75) is 19.3 Å². The second-order valence-corrected chi connectivity index (χ2v) is 8.80. The summed E-state index contributed by atoms with van der Waals surface area (Å²) in [4.78, 5) is 33.8. The van der Waals surface area contributed by atoms with E-state index in [4.69, 9.17) is 16.3 Å². The quantitative estimate of drug-likeness (QED) is 0.590. The van der Waals surface area contributed by atoms with Crippen LogP contribution in [0, 0.1) is 0 Å². The second kappa shape index (κ2) is 9.17. The van der Waals surface area contributed by atoms with Crippen molar-refractivity contribution in [1.82, 2.24) is 14.8 Å². The molecule has 2 heterocycles. The molecule has 0 unspecified atom stereocenters. The molecule has 0 radical (unpaired) electrons. The van der Waals surface area contributed by atoms with Gasteiger partial charge < -0.3 is 14.5 Å². The van der Waals surface area contributed by atoms with Gasteiger partial charge in [0.05, 0.1) is 10.4 Å². The Labute approximate surface area is 192 Å². The van der Waals surface area contributed by atoms with Gasteiger partial charge in [-0.2, -0.15) is 0 Å². The number of carbonyl (C=O) groups is 2. The Morgan fingerprint density at radius 2 is 1.66 bits per heavy atom. The normalized spacial score (nSPS) is 14.5. The zero-order chi connectivity index (χ0) is 22.7. The molecule has 0 N–H and O–H groups in total. The molecule has 0 aliphatic carbocycles. The Morgan fingerprint density at radius 3 is 2.38 bits per heavy atom. The van der Waals surface area contributed by atoms with E-state index in [0.29, 0.717) is 42.5 Å². The summed E-state index contributed by atoms with van der Waals surface area (Å²) in [6.07, 6.45) is 1.67. The van der Waals surface area contributed by atoms with E-state index in [-0.39, 0.29) is 18.4 Å². The minimum Gasteiger partial charge on any atom is -0.481 e. The molecule has 0 bridgehead atoms. The van der Waals surface area contributed by atoms with Crippen LogP contribution in [-0.4, -0.2) is 59.4 Å². The molecule has 1 aliphatic rings. The lowest BCUT2D eigenvalue weighted by atomic mass is 9.83. The molecule has 32 heavy (non-hydrogen) atoms. The lowest BCUT2D eigenvalue weighted by Gasteiger charge is -2.38. The summed E-state index contributed by atoms with van der Waals surface area (Å²) in [5, 5.41) is 1.37. The van der Waals surface area contributed by atoms with Crippen molar-refractivity contribution in [1.29, 1.82) is 0 Å². The van der Waals surface area contributed by atoms with Gasteiger partial charge in [0.1, 0.15) is 11.3 Å². The van der Waals surface area contributed by atoms with Crippen LogP contribution in [0.25, 0.3) is 10.9 Å². The minimum absolute atomic E-state index is 0.0748. The maximum atomic E-state index is 13.1. The van der Waals surface area contributed by atoms with E-state index in [0.717, 1.165) is 10.9 Å². The largest absolute Gasteiger partial charge is 0.481 e. The number of benzene rings is 2. The summed E-state index contributed by atoms with van der Waals surface area (Å²) >= 11 is 6.22. The van der Waals surface area contributed by atoms with Crippen molar-refractivity contribution in [2.75, 3.05) is 32.8 Å². The summed E-state index contributed by atoms with van der Waals surface area (Å²) in [5.41, 5.74) is 1.01. The molecular weight excluding hydrogens is 426 g/mol. The number of hydrogen-bond donors (Lipinski definition) is 0. The number of pyridine rings is 1. The lowest BCUT2D eigenvalue weighted by molar-refractivity contribution is -0.143. The molecular formula is C25H26ClN3O3. The van der Waals surface area contributed by atoms with Gasteiger partial charge in [0, 0.05) is 37.8 Å². The van der Waals surface area contributed by atoms with Crippen molar-refractivity contribution in [3.8, 4) is 5.75 Å². The summed E-state index contributed by atoms with van der Waals surface area (Å²) in [5.74, 6) is 0.487. The van der Waals surface area contributed by atoms with E-state index >= 15 is 0 Å². The first-order valence-electron chi connectivity index (χ1n) is 10.7. The molecule has 1 aromatic heterocycles. The van der Waals surface area contributed by atoms with Crippen LogP contribution in [0.5, 0.6) is 5.75 Å². The average molecular weight is 452 g/mol. The van der Waals surface area contributed by atoms with E-state index in [1.807, 2.05) is 61.2 Å². The average Bonchev–Trinajstić information content (AvgIpc) is 2.84. The molecule has 2 amide bonds. The third kappa shape index (κ3) is 4.41. The first kappa shape index (κ1) is 22.1. The molecule has 1 fully saturated rings. The highest BCUT2D eigenvalue weighted by atomic mass is 35.5. The fourth-order valence-corrected chi connectivity index (χ4v) is 4.21. The third-order valence-electron chi connectivity index (χ3n) is 5.98. The smallest absolute Gasteiger partial charge is 0.260 e. The zero-order valence-corrected chi connectivity index (χ0v) is 19.0. The topological polar surface area (TPSA) is 62.7 Å². The number of aromatic nitrogens is 1. The fraction of sp³-hybridized carbons (Fsp3) is 0.320. The van der Waals surface area contributed by atoms with Crippen LogP contribution in [-0.2, 0) is 15.0 Å². The summed E-state index contributed by atoms with van der Waals surface area (Å²) in [6.45, 7) is 5.78. The summed E-state index contributed by atoms with van der Waals surface area (Å²) in [7, 11) is 0. The molecule has 0 saturated carbocycles. The molecule has 0 atom stereocenters. The SMILES string of the molecule is CC(C)(C(=O)N1CCN(C(=O)COc2ccc(Cl)c3cccnc23)CC1)c1ccccc1. The number of halogens is 1. The Hall–Kier alpha value is -3.12. The molecule has 0 spiro atoms. The van der Waals surface area contributed by atoms with E-state index in [1.165, 1.54) is 0 Å². The van der Waals surface area contributed by atoms with Gasteiger partial charge in [-0.3, -0.25) is 14.6 Å². The van der Waals surface area contributed by atoms with Crippen LogP contribution in [0.4, 0.5) is 0 Å². The number of piperazine rings is 1. The number of rotatable bonds is 5. The highest BCUT2D eigenvalue weighted by Gasteiger charge is 2.35. The van der Waals surface area contributed by atoms with Crippen molar-refractivity contribution in [3.05, 3.63) is 71.4 Å². The Kier molecular flexibility index (Phi) is 6.33. The van der Waals surface area contributed by atoms with Gasteiger partial charge in [0.25, 0.3) is 5.91 Å². The van der Waals surface area contributed by atoms with Crippen LogP contribution in [0.2, 0.25) is 5.02 Å². The molecule has 1 aliphatic heterocycles. The van der Waals surface area contributed by atoms with Crippen molar-refractivity contribution < 1.29 is 14.3 Å². The van der Waals surface area contributed by atoms with Gasteiger partial charge in [-0.15, -0.1) is 0 Å². The van der Waals surface area contributed by atoms with Crippen LogP contribution >= 0.6 is 11.6 Å². The summed E-state index contributed by atoms with van der Waals surface area (Å²) in [6, 6.07) is 16.9. The highest BCUT2D eigenvalue weighted by molar-refractivity contribution is 6.35. The van der Waals surface area contributed by atoms with Gasteiger partial charge in [0.2, 0.25) is 5.91 Å². The molecule has 2 aromatic carbocycles. The standard InChI is InChI=1S/C25H26ClN3O3/c1-25(2,18-7-4-3-5-8-18)24(31)29-15-13-28(14-16-29)22(30)17-32-21-11-10-20(26)19-9-6-12-27-23(19)21/h3-12H,13-17H2,1-2H3. The van der Waals surface area contributed by atoms with Gasteiger partial charge in [-0.1, -0.05) is 41.9 Å². The first-order valence-corrected chi connectivity index (χ1v) is 11.0. The van der Waals surface area contributed by atoms with Crippen LogP contribution in [0.1, 0.15) is 19.4 Å². The number of carbonyl (C=O) groups excluding carboxylic acids is 2. The van der Waals surface area contributed by atoms with Gasteiger partial charge in [0.15, 0.2) is 6.61 Å².